The van der Waals surface area contributed by atoms with Crippen LogP contribution in [-0.4, -0.2) is 17.9 Å². The van der Waals surface area contributed by atoms with Crippen LogP contribution in [-0.2, 0) is 19.1 Å². The van der Waals surface area contributed by atoms with Crippen LogP contribution in [0.1, 0.15) is 28.9 Å². The summed E-state index contributed by atoms with van der Waals surface area (Å²) in [5.74, 6) is -2.36. The second-order valence-corrected chi connectivity index (χ2v) is 4.47. The summed E-state index contributed by atoms with van der Waals surface area (Å²) in [4.78, 5) is 35.1. The highest BCUT2D eigenvalue weighted by Crippen LogP contribution is 2.21. The van der Waals surface area contributed by atoms with Crippen LogP contribution in [0, 0.1) is 0 Å². The Bertz CT molecular complexity index is 664. The van der Waals surface area contributed by atoms with E-state index in [-0.39, 0.29) is 0 Å². The number of benzene rings is 2. The molecule has 2 rings (SSSR count). The van der Waals surface area contributed by atoms with Gasteiger partial charge in [-0.15, -0.1) is 0 Å². The van der Waals surface area contributed by atoms with E-state index < -0.39 is 24.0 Å². The fourth-order valence-corrected chi connectivity index (χ4v) is 1.82. The smallest absolute Gasteiger partial charge is 0.359 e. The zero-order valence-electron chi connectivity index (χ0n) is 11.9. The molecule has 2 aromatic rings. The summed E-state index contributed by atoms with van der Waals surface area (Å²) in [6.07, 6.45) is -1.29. The van der Waals surface area contributed by atoms with Gasteiger partial charge in [0.15, 0.2) is 0 Å². The predicted molar refractivity (Wildman–Crippen MR) is 77.8 cm³/mol. The molecule has 0 spiro atoms. The van der Waals surface area contributed by atoms with E-state index in [4.69, 9.17) is 4.74 Å². The molecule has 0 amide bonds. The summed E-state index contributed by atoms with van der Waals surface area (Å²) in [6, 6.07) is 16.6. The fraction of sp³-hybridized carbons (Fsp3) is 0.118. The van der Waals surface area contributed by atoms with E-state index in [2.05, 4.69) is 4.74 Å². The van der Waals surface area contributed by atoms with Gasteiger partial charge >= 0.3 is 17.9 Å². The Morgan fingerprint density at radius 1 is 0.864 bits per heavy atom. The molecule has 1 unspecified atom stereocenters. The molecule has 0 aliphatic rings. The number of esters is 3. The van der Waals surface area contributed by atoms with E-state index >= 15 is 0 Å². The number of hydrogen-bond donors (Lipinski definition) is 0. The Morgan fingerprint density at radius 3 is 1.95 bits per heavy atom. The molecule has 5 nitrogen and oxygen atoms in total. The van der Waals surface area contributed by atoms with Gasteiger partial charge in [-0.2, -0.15) is 0 Å². The third-order valence-corrected chi connectivity index (χ3v) is 2.80. The van der Waals surface area contributed by atoms with Gasteiger partial charge < -0.3 is 9.47 Å². The van der Waals surface area contributed by atoms with Gasteiger partial charge in [0.1, 0.15) is 0 Å². The van der Waals surface area contributed by atoms with Crippen LogP contribution < -0.4 is 0 Å². The maximum absolute atomic E-state index is 12.1. The molecule has 0 saturated heterocycles. The summed E-state index contributed by atoms with van der Waals surface area (Å²) in [6.45, 7) is 1.11. The molecule has 0 bridgehead atoms. The molecule has 2 aromatic carbocycles. The molecule has 5 heteroatoms. The van der Waals surface area contributed by atoms with Gasteiger partial charge in [0.2, 0.25) is 6.10 Å². The number of carbonyl (C=O) groups is 3. The van der Waals surface area contributed by atoms with Crippen molar-refractivity contribution in [1.82, 2.24) is 0 Å². The van der Waals surface area contributed by atoms with Crippen molar-refractivity contribution in [3.8, 4) is 0 Å². The highest BCUT2D eigenvalue weighted by atomic mass is 16.6. The highest BCUT2D eigenvalue weighted by molar-refractivity contribution is 5.93. The van der Waals surface area contributed by atoms with Gasteiger partial charge in [0.05, 0.1) is 5.56 Å². The summed E-state index contributed by atoms with van der Waals surface area (Å²) in [7, 11) is 0. The fourth-order valence-electron chi connectivity index (χ4n) is 1.82. The Labute approximate surface area is 127 Å². The standard InChI is InChI=1S/C17H14O5/c1-12(18)21-17(20)15(13-8-4-2-5-9-13)22-16(19)14-10-6-3-7-11-14/h2-11,15H,1H3. The summed E-state index contributed by atoms with van der Waals surface area (Å²) in [5, 5.41) is 0. The van der Waals surface area contributed by atoms with E-state index in [1.165, 1.54) is 0 Å². The Balaban J connectivity index is 2.23. The minimum atomic E-state index is -1.29. The maximum atomic E-state index is 12.1. The first-order valence-corrected chi connectivity index (χ1v) is 6.61. The van der Waals surface area contributed by atoms with Gasteiger partial charge in [-0.25, -0.2) is 9.59 Å². The highest BCUT2D eigenvalue weighted by Gasteiger charge is 2.28. The lowest BCUT2D eigenvalue weighted by Gasteiger charge is -2.16. The Kier molecular flexibility index (Phi) is 5.03. The van der Waals surface area contributed by atoms with Crippen molar-refractivity contribution < 1.29 is 23.9 Å². The lowest BCUT2D eigenvalue weighted by atomic mass is 10.1. The average Bonchev–Trinajstić information content (AvgIpc) is 2.53. The third-order valence-electron chi connectivity index (χ3n) is 2.80. The van der Waals surface area contributed by atoms with E-state index in [1.54, 1.807) is 60.7 Å². The molecule has 0 N–H and O–H groups in total. The van der Waals surface area contributed by atoms with Crippen molar-refractivity contribution in [3.05, 3.63) is 71.8 Å². The first-order chi connectivity index (χ1) is 10.6. The zero-order chi connectivity index (χ0) is 15.9. The second kappa shape index (κ2) is 7.17. The van der Waals surface area contributed by atoms with Crippen molar-refractivity contribution in [2.24, 2.45) is 0 Å². The van der Waals surface area contributed by atoms with Crippen LogP contribution in [0.3, 0.4) is 0 Å². The third kappa shape index (κ3) is 4.02. The van der Waals surface area contributed by atoms with Crippen molar-refractivity contribution >= 4 is 17.9 Å². The first kappa shape index (κ1) is 15.4. The molecular weight excluding hydrogens is 284 g/mol. The van der Waals surface area contributed by atoms with Crippen LogP contribution in [0.5, 0.6) is 0 Å². The predicted octanol–water partition coefficient (Wildman–Crippen LogP) is 2.67. The molecule has 0 aliphatic carbocycles. The van der Waals surface area contributed by atoms with E-state index in [0.717, 1.165) is 6.92 Å². The minimum Gasteiger partial charge on any atom is -0.442 e. The molecule has 0 fully saturated rings. The molecule has 22 heavy (non-hydrogen) atoms. The number of rotatable bonds is 4. The van der Waals surface area contributed by atoms with Gasteiger partial charge in [-0.1, -0.05) is 48.5 Å². The molecule has 0 heterocycles. The van der Waals surface area contributed by atoms with Crippen molar-refractivity contribution in [1.29, 1.82) is 0 Å². The Morgan fingerprint density at radius 2 is 1.41 bits per heavy atom. The SMILES string of the molecule is CC(=O)OC(=O)C(OC(=O)c1ccccc1)c1ccccc1. The zero-order valence-corrected chi connectivity index (χ0v) is 11.9. The minimum absolute atomic E-state index is 0.305. The lowest BCUT2D eigenvalue weighted by Crippen LogP contribution is -2.23. The van der Waals surface area contributed by atoms with Gasteiger partial charge in [0, 0.05) is 12.5 Å². The molecule has 0 aromatic heterocycles. The summed E-state index contributed by atoms with van der Waals surface area (Å²) >= 11 is 0. The second-order valence-electron chi connectivity index (χ2n) is 4.47. The molecule has 0 aliphatic heterocycles. The molecule has 1 atom stereocenters. The van der Waals surface area contributed by atoms with Crippen LogP contribution >= 0.6 is 0 Å². The van der Waals surface area contributed by atoms with Crippen molar-refractivity contribution in [3.63, 3.8) is 0 Å². The van der Waals surface area contributed by atoms with Crippen molar-refractivity contribution in [2.45, 2.75) is 13.0 Å². The van der Waals surface area contributed by atoms with Crippen LogP contribution in [0.15, 0.2) is 60.7 Å². The Hall–Kier alpha value is -2.95. The van der Waals surface area contributed by atoms with Crippen LogP contribution in [0.4, 0.5) is 0 Å². The normalized spacial score (nSPS) is 11.3. The molecule has 0 radical (unpaired) electrons. The summed E-state index contributed by atoms with van der Waals surface area (Å²) in [5.41, 5.74) is 0.733. The topological polar surface area (TPSA) is 69.7 Å². The van der Waals surface area contributed by atoms with Crippen LogP contribution in [0.25, 0.3) is 0 Å². The number of ether oxygens (including phenoxy) is 2. The average molecular weight is 298 g/mol. The van der Waals surface area contributed by atoms with Gasteiger partial charge in [-0.05, 0) is 12.1 Å². The van der Waals surface area contributed by atoms with Crippen LogP contribution in [0.2, 0.25) is 0 Å². The van der Waals surface area contributed by atoms with E-state index in [1.807, 2.05) is 0 Å². The molecule has 112 valence electrons. The van der Waals surface area contributed by atoms with Gasteiger partial charge in [-0.3, -0.25) is 4.79 Å². The van der Waals surface area contributed by atoms with E-state index in [9.17, 15) is 14.4 Å². The summed E-state index contributed by atoms with van der Waals surface area (Å²) < 4.78 is 9.77. The first-order valence-electron chi connectivity index (χ1n) is 6.61. The number of hydrogen-bond acceptors (Lipinski definition) is 5. The quantitative estimate of drug-likeness (QED) is 0.641. The molecular formula is C17H14O5. The maximum Gasteiger partial charge on any atom is 0.359 e. The lowest BCUT2D eigenvalue weighted by molar-refractivity contribution is -0.165. The van der Waals surface area contributed by atoms with E-state index in [0.29, 0.717) is 11.1 Å². The monoisotopic (exact) mass is 298 g/mol. The largest absolute Gasteiger partial charge is 0.442 e. The van der Waals surface area contributed by atoms with Gasteiger partial charge in [0.25, 0.3) is 0 Å². The number of carbonyl (C=O) groups excluding carboxylic acids is 3. The molecule has 0 saturated carbocycles. The van der Waals surface area contributed by atoms with Crippen molar-refractivity contribution in [2.75, 3.05) is 0 Å².